The van der Waals surface area contributed by atoms with E-state index in [0.29, 0.717) is 24.7 Å². The maximum Gasteiger partial charge on any atom is 0.222 e. The van der Waals surface area contributed by atoms with Crippen LogP contribution in [0.1, 0.15) is 41.6 Å². The van der Waals surface area contributed by atoms with E-state index in [-0.39, 0.29) is 36.3 Å². The molecule has 1 aromatic carbocycles. The Labute approximate surface area is 162 Å². The van der Waals surface area contributed by atoms with Gasteiger partial charge in [0.2, 0.25) is 5.91 Å². The van der Waals surface area contributed by atoms with Crippen LogP contribution in [0.5, 0.6) is 0 Å². The van der Waals surface area contributed by atoms with Gasteiger partial charge in [-0.1, -0.05) is 12.1 Å². The standard InChI is InChI=1S/C21H22FN3O3/c1-13(26)25-21-20-11-23-18(7-15(20)10-24-21)9-19(27)8-16(12-28-2)14-3-5-17(22)6-4-14/h3-7,11,16H,8-10,12H2,1-2H3,(H,24,25,26)/t16-/m1/s1. The molecule has 7 heteroatoms. The minimum atomic E-state index is -0.311. The SMILES string of the molecule is COC[C@@H](CC(=O)Cc1cc2c(cn1)C(NC(C)=O)=NC2)c1ccc(F)cc1. The van der Waals surface area contributed by atoms with Crippen molar-refractivity contribution in [2.75, 3.05) is 13.7 Å². The molecule has 1 aromatic heterocycles. The molecule has 0 saturated carbocycles. The third-order valence-corrected chi connectivity index (χ3v) is 4.56. The van der Waals surface area contributed by atoms with E-state index in [9.17, 15) is 14.0 Å². The highest BCUT2D eigenvalue weighted by Gasteiger charge is 2.20. The molecule has 6 nitrogen and oxygen atoms in total. The Bertz CT molecular complexity index is 910. The number of nitrogens with one attached hydrogen (secondary N) is 1. The molecular weight excluding hydrogens is 361 g/mol. The third-order valence-electron chi connectivity index (χ3n) is 4.56. The molecule has 0 fully saturated rings. The van der Waals surface area contributed by atoms with Crippen molar-refractivity contribution < 1.29 is 18.7 Å². The minimum absolute atomic E-state index is 0.0276. The molecule has 1 aliphatic heterocycles. The molecule has 1 aliphatic rings. The minimum Gasteiger partial charge on any atom is -0.384 e. The summed E-state index contributed by atoms with van der Waals surface area (Å²) in [6.07, 6.45) is 2.13. The van der Waals surface area contributed by atoms with Crippen molar-refractivity contribution in [1.82, 2.24) is 10.3 Å². The van der Waals surface area contributed by atoms with Gasteiger partial charge in [0, 0.05) is 50.2 Å². The van der Waals surface area contributed by atoms with Crippen molar-refractivity contribution in [3.05, 3.63) is 64.7 Å². The summed E-state index contributed by atoms with van der Waals surface area (Å²) in [7, 11) is 1.58. The van der Waals surface area contributed by atoms with Crippen LogP contribution in [0.25, 0.3) is 0 Å². The van der Waals surface area contributed by atoms with Crippen LogP contribution in [-0.2, 0) is 27.3 Å². The van der Waals surface area contributed by atoms with Gasteiger partial charge in [-0.15, -0.1) is 0 Å². The highest BCUT2D eigenvalue weighted by atomic mass is 19.1. The topological polar surface area (TPSA) is 80.6 Å². The fourth-order valence-corrected chi connectivity index (χ4v) is 3.27. The Morgan fingerprint density at radius 1 is 1.29 bits per heavy atom. The molecule has 3 rings (SSSR count). The summed E-state index contributed by atoms with van der Waals surface area (Å²) in [5.41, 5.74) is 3.26. The largest absolute Gasteiger partial charge is 0.384 e. The monoisotopic (exact) mass is 383 g/mol. The number of fused-ring (bicyclic) bond motifs is 1. The average Bonchev–Trinajstić information content (AvgIpc) is 3.03. The van der Waals surface area contributed by atoms with E-state index in [1.165, 1.54) is 19.1 Å². The summed E-state index contributed by atoms with van der Waals surface area (Å²) in [4.78, 5) is 32.5. The normalized spacial score (nSPS) is 13.6. The van der Waals surface area contributed by atoms with Crippen molar-refractivity contribution >= 4 is 17.5 Å². The number of ether oxygens (including phenoxy) is 1. The summed E-state index contributed by atoms with van der Waals surface area (Å²) >= 11 is 0. The fourth-order valence-electron chi connectivity index (χ4n) is 3.27. The molecule has 0 aliphatic carbocycles. The molecule has 1 amide bonds. The molecule has 0 spiro atoms. The second-order valence-corrected chi connectivity index (χ2v) is 6.80. The van der Waals surface area contributed by atoms with Crippen LogP contribution < -0.4 is 5.32 Å². The first-order valence-electron chi connectivity index (χ1n) is 9.02. The van der Waals surface area contributed by atoms with Crippen molar-refractivity contribution in [2.45, 2.75) is 32.2 Å². The van der Waals surface area contributed by atoms with Crippen LogP contribution in [0.2, 0.25) is 0 Å². The van der Waals surface area contributed by atoms with Gasteiger partial charge in [0.05, 0.1) is 13.2 Å². The molecule has 1 atom stereocenters. The molecule has 1 N–H and O–H groups in total. The van der Waals surface area contributed by atoms with Gasteiger partial charge >= 0.3 is 0 Å². The predicted octanol–water partition coefficient (Wildman–Crippen LogP) is 2.55. The first-order valence-corrected chi connectivity index (χ1v) is 9.02. The van der Waals surface area contributed by atoms with Crippen molar-refractivity contribution in [3.63, 3.8) is 0 Å². The van der Waals surface area contributed by atoms with Crippen LogP contribution in [0, 0.1) is 5.82 Å². The van der Waals surface area contributed by atoms with Gasteiger partial charge in [-0.2, -0.15) is 0 Å². The number of hydrogen-bond donors (Lipinski definition) is 1. The first-order chi connectivity index (χ1) is 13.5. The van der Waals surface area contributed by atoms with E-state index < -0.39 is 0 Å². The summed E-state index contributed by atoms with van der Waals surface area (Å²) in [5, 5.41) is 2.68. The lowest BCUT2D eigenvalue weighted by Gasteiger charge is -2.16. The van der Waals surface area contributed by atoms with Crippen LogP contribution in [-0.4, -0.2) is 36.2 Å². The van der Waals surface area contributed by atoms with Gasteiger partial charge in [0.1, 0.15) is 17.4 Å². The number of ketones is 1. The van der Waals surface area contributed by atoms with Gasteiger partial charge in [-0.05, 0) is 29.3 Å². The van der Waals surface area contributed by atoms with Crippen molar-refractivity contribution in [1.29, 1.82) is 0 Å². The van der Waals surface area contributed by atoms with Crippen molar-refractivity contribution in [3.8, 4) is 0 Å². The molecule has 2 aromatic rings. The number of benzene rings is 1. The maximum atomic E-state index is 13.2. The van der Waals surface area contributed by atoms with E-state index in [4.69, 9.17) is 4.74 Å². The number of amidine groups is 1. The quantitative estimate of drug-likeness (QED) is 0.797. The van der Waals surface area contributed by atoms with Crippen LogP contribution >= 0.6 is 0 Å². The second-order valence-electron chi connectivity index (χ2n) is 6.80. The number of rotatable bonds is 7. The molecule has 28 heavy (non-hydrogen) atoms. The Hall–Kier alpha value is -2.93. The Balaban J connectivity index is 1.66. The van der Waals surface area contributed by atoms with Crippen LogP contribution in [0.4, 0.5) is 4.39 Å². The van der Waals surface area contributed by atoms with Gasteiger partial charge < -0.3 is 10.1 Å². The number of pyridine rings is 1. The zero-order valence-electron chi connectivity index (χ0n) is 15.9. The van der Waals surface area contributed by atoms with E-state index in [1.54, 1.807) is 25.4 Å². The van der Waals surface area contributed by atoms with Crippen LogP contribution in [0.15, 0.2) is 41.5 Å². The first kappa shape index (κ1) is 19.8. The number of nitrogens with zero attached hydrogens (tertiary/aromatic N) is 2. The number of methoxy groups -OCH3 is 1. The Morgan fingerprint density at radius 3 is 2.71 bits per heavy atom. The molecule has 146 valence electrons. The molecule has 0 unspecified atom stereocenters. The maximum absolute atomic E-state index is 13.2. The smallest absolute Gasteiger partial charge is 0.222 e. The number of hydrogen-bond acceptors (Lipinski definition) is 5. The number of carbonyl (C=O) groups excluding carboxylic acids is 2. The van der Waals surface area contributed by atoms with Crippen LogP contribution in [0.3, 0.4) is 0 Å². The molecule has 0 radical (unpaired) electrons. The van der Waals surface area contributed by atoms with E-state index in [2.05, 4.69) is 15.3 Å². The fraction of sp³-hybridized carbons (Fsp3) is 0.333. The number of Topliss-reactive ketones (excluding diaryl/α,β-unsaturated/α-hetero) is 1. The van der Waals surface area contributed by atoms with E-state index in [0.717, 1.165) is 16.7 Å². The molecule has 2 heterocycles. The lowest BCUT2D eigenvalue weighted by Crippen LogP contribution is -2.27. The van der Waals surface area contributed by atoms with Gasteiger partial charge in [0.15, 0.2) is 0 Å². The number of halogens is 1. The molecule has 0 saturated heterocycles. The summed E-state index contributed by atoms with van der Waals surface area (Å²) in [6.45, 7) is 2.26. The number of carbonyl (C=O) groups is 2. The third kappa shape index (κ3) is 4.86. The number of aliphatic imine (C=N–C) groups is 1. The predicted molar refractivity (Wildman–Crippen MR) is 103 cm³/mol. The van der Waals surface area contributed by atoms with Gasteiger partial charge in [-0.25, -0.2) is 4.39 Å². The highest BCUT2D eigenvalue weighted by Crippen LogP contribution is 2.23. The van der Waals surface area contributed by atoms with E-state index >= 15 is 0 Å². The summed E-state index contributed by atoms with van der Waals surface area (Å²) in [6, 6.07) is 7.99. The lowest BCUT2D eigenvalue weighted by molar-refractivity contribution is -0.119. The Kier molecular flexibility index (Phi) is 6.26. The van der Waals surface area contributed by atoms with Gasteiger partial charge in [-0.3, -0.25) is 19.6 Å². The summed E-state index contributed by atoms with van der Waals surface area (Å²) in [5.74, 6) is -0.0864. The van der Waals surface area contributed by atoms with E-state index in [1.807, 2.05) is 6.07 Å². The van der Waals surface area contributed by atoms with Gasteiger partial charge in [0.25, 0.3) is 0 Å². The summed E-state index contributed by atoms with van der Waals surface area (Å²) < 4.78 is 18.4. The molecular formula is C21H22FN3O3. The average molecular weight is 383 g/mol. The lowest BCUT2D eigenvalue weighted by atomic mass is 9.93. The zero-order chi connectivity index (χ0) is 20.1. The second kappa shape index (κ2) is 8.84. The molecule has 0 bridgehead atoms. The number of amides is 1. The number of aromatic nitrogens is 1. The highest BCUT2D eigenvalue weighted by molar-refractivity contribution is 6.09. The zero-order valence-corrected chi connectivity index (χ0v) is 15.9. The Morgan fingerprint density at radius 2 is 2.04 bits per heavy atom. The van der Waals surface area contributed by atoms with Crippen molar-refractivity contribution in [2.24, 2.45) is 4.99 Å².